The van der Waals surface area contributed by atoms with Gasteiger partial charge in [-0.15, -0.1) is 0 Å². The molecule has 4 unspecified atom stereocenters. The summed E-state index contributed by atoms with van der Waals surface area (Å²) in [5.74, 6) is 0. The SMILES string of the molecule is NCC(O)C(O)C(O)C(F)CO. The van der Waals surface area contributed by atoms with Crippen LogP contribution in [0, 0.1) is 0 Å². The highest BCUT2D eigenvalue weighted by Gasteiger charge is 2.30. The summed E-state index contributed by atoms with van der Waals surface area (Å²) in [6.45, 7) is -1.19. The van der Waals surface area contributed by atoms with E-state index in [2.05, 4.69) is 0 Å². The van der Waals surface area contributed by atoms with E-state index < -0.39 is 31.1 Å². The van der Waals surface area contributed by atoms with Gasteiger partial charge in [0.1, 0.15) is 12.2 Å². The highest BCUT2D eigenvalue weighted by atomic mass is 19.1. The first-order valence-corrected chi connectivity index (χ1v) is 3.53. The topological polar surface area (TPSA) is 107 Å². The van der Waals surface area contributed by atoms with Crippen LogP contribution in [0.1, 0.15) is 0 Å². The van der Waals surface area contributed by atoms with E-state index in [-0.39, 0.29) is 6.54 Å². The molecule has 5 nitrogen and oxygen atoms in total. The van der Waals surface area contributed by atoms with Crippen LogP contribution in [0.3, 0.4) is 0 Å². The van der Waals surface area contributed by atoms with Crippen molar-refractivity contribution in [3.05, 3.63) is 0 Å². The van der Waals surface area contributed by atoms with Crippen molar-refractivity contribution in [2.45, 2.75) is 24.5 Å². The standard InChI is InChI=1S/C6H14FNO4/c7-3(2-9)5(11)6(12)4(10)1-8/h3-6,9-12H,1-2,8H2. The number of rotatable bonds is 5. The smallest absolute Gasteiger partial charge is 0.151 e. The zero-order chi connectivity index (χ0) is 9.72. The van der Waals surface area contributed by atoms with Gasteiger partial charge in [-0.2, -0.15) is 0 Å². The van der Waals surface area contributed by atoms with E-state index >= 15 is 0 Å². The maximum absolute atomic E-state index is 12.5. The van der Waals surface area contributed by atoms with Gasteiger partial charge in [-0.1, -0.05) is 0 Å². The summed E-state index contributed by atoms with van der Waals surface area (Å²) < 4.78 is 12.5. The van der Waals surface area contributed by atoms with Gasteiger partial charge in [0.05, 0.1) is 12.7 Å². The van der Waals surface area contributed by atoms with Crippen LogP contribution in [-0.4, -0.2) is 58.1 Å². The lowest BCUT2D eigenvalue weighted by Crippen LogP contribution is -2.46. The van der Waals surface area contributed by atoms with Gasteiger partial charge in [-0.05, 0) is 0 Å². The molecule has 0 saturated heterocycles. The Kier molecular flexibility index (Phi) is 5.27. The zero-order valence-electron chi connectivity index (χ0n) is 6.47. The van der Waals surface area contributed by atoms with Crippen LogP contribution in [0.15, 0.2) is 0 Å². The molecule has 0 bridgehead atoms. The van der Waals surface area contributed by atoms with E-state index in [1.165, 1.54) is 0 Å². The van der Waals surface area contributed by atoms with Crippen LogP contribution in [0.5, 0.6) is 0 Å². The largest absolute Gasteiger partial charge is 0.393 e. The van der Waals surface area contributed by atoms with Crippen molar-refractivity contribution in [2.24, 2.45) is 5.73 Å². The van der Waals surface area contributed by atoms with Crippen LogP contribution in [-0.2, 0) is 0 Å². The molecule has 0 aliphatic carbocycles. The molecule has 0 radical (unpaired) electrons. The van der Waals surface area contributed by atoms with Crippen molar-refractivity contribution < 1.29 is 24.8 Å². The molecule has 6 heteroatoms. The lowest BCUT2D eigenvalue weighted by molar-refractivity contribution is -0.0914. The molecule has 0 spiro atoms. The monoisotopic (exact) mass is 183 g/mol. The fourth-order valence-corrected chi connectivity index (χ4v) is 0.689. The van der Waals surface area contributed by atoms with E-state index in [0.717, 1.165) is 0 Å². The zero-order valence-corrected chi connectivity index (χ0v) is 6.47. The second-order valence-corrected chi connectivity index (χ2v) is 2.48. The first-order chi connectivity index (χ1) is 5.54. The van der Waals surface area contributed by atoms with Crippen LogP contribution in [0.4, 0.5) is 4.39 Å². The average molecular weight is 183 g/mol. The van der Waals surface area contributed by atoms with Crippen molar-refractivity contribution in [3.63, 3.8) is 0 Å². The molecule has 12 heavy (non-hydrogen) atoms. The molecule has 0 aromatic heterocycles. The molecule has 0 aliphatic heterocycles. The Morgan fingerprint density at radius 1 is 1.17 bits per heavy atom. The van der Waals surface area contributed by atoms with Crippen molar-refractivity contribution in [1.82, 2.24) is 0 Å². The Hall–Kier alpha value is -0.270. The van der Waals surface area contributed by atoms with Crippen molar-refractivity contribution >= 4 is 0 Å². The molecule has 0 aromatic carbocycles. The summed E-state index contributed by atoms with van der Waals surface area (Å²) in [6, 6.07) is 0. The van der Waals surface area contributed by atoms with Gasteiger partial charge >= 0.3 is 0 Å². The number of aliphatic hydroxyl groups is 4. The minimum absolute atomic E-state index is 0.281. The first-order valence-electron chi connectivity index (χ1n) is 3.53. The minimum Gasteiger partial charge on any atom is -0.393 e. The lowest BCUT2D eigenvalue weighted by Gasteiger charge is -2.23. The average Bonchev–Trinajstić information content (AvgIpc) is 2.12. The van der Waals surface area contributed by atoms with Gasteiger partial charge in [0, 0.05) is 6.54 Å². The number of hydrogen-bond acceptors (Lipinski definition) is 5. The van der Waals surface area contributed by atoms with Crippen LogP contribution in [0.2, 0.25) is 0 Å². The van der Waals surface area contributed by atoms with E-state index in [1.807, 2.05) is 0 Å². The van der Waals surface area contributed by atoms with Crippen LogP contribution in [0.25, 0.3) is 0 Å². The number of nitrogens with two attached hydrogens (primary N) is 1. The molecule has 0 amide bonds. The predicted octanol–water partition coefficient (Wildman–Crippen LogP) is -2.64. The second kappa shape index (κ2) is 5.39. The highest BCUT2D eigenvalue weighted by Crippen LogP contribution is 2.06. The van der Waals surface area contributed by atoms with E-state index in [4.69, 9.17) is 26.2 Å². The number of aliphatic hydroxyl groups excluding tert-OH is 4. The summed E-state index contributed by atoms with van der Waals surface area (Å²) >= 11 is 0. The van der Waals surface area contributed by atoms with E-state index in [9.17, 15) is 4.39 Å². The third-order valence-corrected chi connectivity index (χ3v) is 1.53. The van der Waals surface area contributed by atoms with Crippen molar-refractivity contribution in [3.8, 4) is 0 Å². The lowest BCUT2D eigenvalue weighted by atomic mass is 10.0. The van der Waals surface area contributed by atoms with Gasteiger partial charge in [0.15, 0.2) is 6.17 Å². The molecule has 4 atom stereocenters. The van der Waals surface area contributed by atoms with Gasteiger partial charge in [0.25, 0.3) is 0 Å². The fourth-order valence-electron chi connectivity index (χ4n) is 0.689. The maximum atomic E-state index is 12.5. The molecular weight excluding hydrogens is 169 g/mol. The van der Waals surface area contributed by atoms with E-state index in [1.54, 1.807) is 0 Å². The second-order valence-electron chi connectivity index (χ2n) is 2.48. The van der Waals surface area contributed by atoms with Gasteiger partial charge < -0.3 is 26.2 Å². The molecule has 0 saturated carbocycles. The number of halogens is 1. The molecule has 0 aliphatic rings. The maximum Gasteiger partial charge on any atom is 0.151 e. The quantitative estimate of drug-likeness (QED) is 0.320. The van der Waals surface area contributed by atoms with Crippen LogP contribution < -0.4 is 5.73 Å². The predicted molar refractivity (Wildman–Crippen MR) is 39.1 cm³/mol. The molecule has 74 valence electrons. The molecule has 6 N–H and O–H groups in total. The van der Waals surface area contributed by atoms with Gasteiger partial charge in [-0.3, -0.25) is 0 Å². The fraction of sp³-hybridized carbons (Fsp3) is 1.00. The molecule has 0 rings (SSSR count). The first kappa shape index (κ1) is 11.7. The minimum atomic E-state index is -1.97. The number of alkyl halides is 1. The van der Waals surface area contributed by atoms with Gasteiger partial charge in [-0.25, -0.2) is 4.39 Å². The molecular formula is C6H14FNO4. The summed E-state index contributed by atoms with van der Waals surface area (Å²) in [4.78, 5) is 0. The summed E-state index contributed by atoms with van der Waals surface area (Å²) in [7, 11) is 0. The van der Waals surface area contributed by atoms with Crippen molar-refractivity contribution in [2.75, 3.05) is 13.2 Å². The Morgan fingerprint density at radius 3 is 2.00 bits per heavy atom. The van der Waals surface area contributed by atoms with Crippen LogP contribution >= 0.6 is 0 Å². The highest BCUT2D eigenvalue weighted by molar-refractivity contribution is 4.80. The van der Waals surface area contributed by atoms with Gasteiger partial charge in [0.2, 0.25) is 0 Å². The normalized spacial score (nSPS) is 21.5. The Bertz CT molecular complexity index is 112. The van der Waals surface area contributed by atoms with Crippen molar-refractivity contribution in [1.29, 1.82) is 0 Å². The molecule has 0 aromatic rings. The molecule has 0 heterocycles. The summed E-state index contributed by atoms with van der Waals surface area (Å²) in [5, 5.41) is 35.0. The third-order valence-electron chi connectivity index (χ3n) is 1.53. The summed E-state index contributed by atoms with van der Waals surface area (Å²) in [6.07, 6.45) is -6.84. The third kappa shape index (κ3) is 3.00. The Labute approximate surface area is 69.2 Å². The van der Waals surface area contributed by atoms with E-state index in [0.29, 0.717) is 0 Å². The molecule has 0 fully saturated rings. The summed E-state index contributed by atoms with van der Waals surface area (Å²) in [5.41, 5.74) is 4.95. The Balaban J connectivity index is 3.99. The Morgan fingerprint density at radius 2 is 1.67 bits per heavy atom. The number of hydrogen-bond donors (Lipinski definition) is 5.